The smallest absolute Gasteiger partial charge is 0.261 e. The molecule has 2 nitrogen and oxygen atoms in total. The zero-order chi connectivity index (χ0) is 14.4. The van der Waals surface area contributed by atoms with Crippen LogP contribution in [0.5, 0.6) is 0 Å². The second-order valence-corrected chi connectivity index (χ2v) is 3.88. The number of hydrogen-bond donors (Lipinski definition) is 1. The molecule has 0 radical (unpaired) electrons. The highest BCUT2D eigenvalue weighted by Crippen LogP contribution is 2.24. The first-order chi connectivity index (χ1) is 8.95. The normalized spacial score (nSPS) is 13.0. The molecule has 0 aliphatic carbocycles. The number of halogens is 5. The van der Waals surface area contributed by atoms with Crippen LogP contribution in [0, 0.1) is 17.5 Å². The summed E-state index contributed by atoms with van der Waals surface area (Å²) in [5.41, 5.74) is -0.329. The molecule has 1 aromatic carbocycles. The second kappa shape index (κ2) is 7.40. The van der Waals surface area contributed by atoms with Gasteiger partial charge in [0, 0.05) is 30.3 Å². The van der Waals surface area contributed by atoms with E-state index in [0.717, 1.165) is 0 Å². The van der Waals surface area contributed by atoms with Crippen molar-refractivity contribution in [3.05, 3.63) is 35.1 Å². The number of rotatable bonds is 7. The summed E-state index contributed by atoms with van der Waals surface area (Å²) < 4.78 is 68.1. The lowest BCUT2D eigenvalue weighted by Gasteiger charge is -2.18. The van der Waals surface area contributed by atoms with Crippen molar-refractivity contribution in [3.8, 4) is 0 Å². The predicted molar refractivity (Wildman–Crippen MR) is 59.6 cm³/mol. The van der Waals surface area contributed by atoms with Crippen LogP contribution in [0.3, 0.4) is 0 Å². The maximum atomic E-state index is 13.5. The molecule has 0 spiro atoms. The minimum absolute atomic E-state index is 0.0860. The summed E-state index contributed by atoms with van der Waals surface area (Å²) in [6.07, 6.45) is -2.50. The molecule has 19 heavy (non-hydrogen) atoms. The van der Waals surface area contributed by atoms with Gasteiger partial charge in [0.2, 0.25) is 0 Å². The minimum atomic E-state index is -2.59. The van der Waals surface area contributed by atoms with Crippen LogP contribution in [-0.2, 0) is 4.74 Å². The van der Waals surface area contributed by atoms with Crippen molar-refractivity contribution >= 4 is 0 Å². The summed E-state index contributed by atoms with van der Waals surface area (Å²) in [5, 5.41) is 2.64. The van der Waals surface area contributed by atoms with E-state index in [9.17, 15) is 22.0 Å². The Morgan fingerprint density at radius 2 is 1.74 bits per heavy atom. The van der Waals surface area contributed by atoms with Gasteiger partial charge in [0.15, 0.2) is 0 Å². The molecule has 0 aliphatic heterocycles. The van der Waals surface area contributed by atoms with E-state index in [0.29, 0.717) is 12.1 Å². The van der Waals surface area contributed by atoms with Gasteiger partial charge in [0.25, 0.3) is 6.43 Å². The van der Waals surface area contributed by atoms with Gasteiger partial charge in [0.05, 0.1) is 0 Å². The number of ether oxygens (including phenoxy) is 1. The molecule has 108 valence electrons. The highest BCUT2D eigenvalue weighted by atomic mass is 19.3. The van der Waals surface area contributed by atoms with E-state index in [-0.39, 0.29) is 18.6 Å². The zero-order valence-corrected chi connectivity index (χ0v) is 10.2. The topological polar surface area (TPSA) is 21.3 Å². The summed E-state index contributed by atoms with van der Waals surface area (Å²) in [4.78, 5) is 0. The van der Waals surface area contributed by atoms with Gasteiger partial charge in [0.1, 0.15) is 24.1 Å². The van der Waals surface area contributed by atoms with Crippen LogP contribution in [0.1, 0.15) is 18.0 Å². The number of nitrogens with one attached hydrogen (secondary N) is 1. The van der Waals surface area contributed by atoms with E-state index in [1.165, 1.54) is 7.05 Å². The maximum absolute atomic E-state index is 13.5. The van der Waals surface area contributed by atoms with Crippen LogP contribution in [0.25, 0.3) is 0 Å². The van der Waals surface area contributed by atoms with E-state index in [2.05, 4.69) is 10.1 Å². The molecule has 0 aliphatic rings. The molecule has 0 bridgehead atoms. The molecule has 1 rings (SSSR count). The lowest BCUT2D eigenvalue weighted by atomic mass is 10.0. The molecule has 7 heteroatoms. The predicted octanol–water partition coefficient (Wildman–Crippen LogP) is 3.04. The first-order valence-corrected chi connectivity index (χ1v) is 5.63. The van der Waals surface area contributed by atoms with Crippen molar-refractivity contribution in [2.75, 3.05) is 20.3 Å². The molecular weight excluding hydrogens is 269 g/mol. The molecule has 0 saturated carbocycles. The molecule has 0 fully saturated rings. The maximum Gasteiger partial charge on any atom is 0.261 e. The van der Waals surface area contributed by atoms with Gasteiger partial charge < -0.3 is 10.1 Å². The van der Waals surface area contributed by atoms with Gasteiger partial charge in [-0.25, -0.2) is 22.0 Å². The lowest BCUT2D eigenvalue weighted by Crippen LogP contribution is -2.21. The van der Waals surface area contributed by atoms with Crippen LogP contribution in [0.15, 0.2) is 12.1 Å². The van der Waals surface area contributed by atoms with Crippen LogP contribution < -0.4 is 5.32 Å². The van der Waals surface area contributed by atoms with Crippen molar-refractivity contribution in [1.82, 2.24) is 5.32 Å². The molecule has 1 N–H and O–H groups in total. The monoisotopic (exact) mass is 283 g/mol. The molecule has 0 aromatic heterocycles. The summed E-state index contributed by atoms with van der Waals surface area (Å²) in [6, 6.07) is 0.365. The Hall–Kier alpha value is -1.21. The van der Waals surface area contributed by atoms with Crippen LogP contribution >= 0.6 is 0 Å². The Labute approximate surface area is 107 Å². The van der Waals surface area contributed by atoms with Crippen molar-refractivity contribution < 1.29 is 26.7 Å². The van der Waals surface area contributed by atoms with Crippen molar-refractivity contribution in [2.45, 2.75) is 18.9 Å². The Morgan fingerprint density at radius 1 is 1.16 bits per heavy atom. The Bertz CT molecular complexity index is 390. The third-order valence-corrected chi connectivity index (χ3v) is 2.54. The molecular formula is C12H14F5NO. The van der Waals surface area contributed by atoms with Crippen LogP contribution in [0.4, 0.5) is 22.0 Å². The minimum Gasteiger partial charge on any atom is -0.375 e. The Morgan fingerprint density at radius 3 is 2.21 bits per heavy atom. The van der Waals surface area contributed by atoms with Crippen LogP contribution in [-0.4, -0.2) is 26.7 Å². The Kier molecular flexibility index (Phi) is 6.17. The SMILES string of the molecule is CNC(CCOCC(F)F)c1c(F)cc(F)cc1F. The van der Waals surface area contributed by atoms with E-state index in [1.54, 1.807) is 0 Å². The van der Waals surface area contributed by atoms with Crippen molar-refractivity contribution in [3.63, 3.8) is 0 Å². The van der Waals surface area contributed by atoms with Gasteiger partial charge in [-0.15, -0.1) is 0 Å². The van der Waals surface area contributed by atoms with Crippen molar-refractivity contribution in [2.24, 2.45) is 0 Å². The van der Waals surface area contributed by atoms with E-state index < -0.39 is 36.5 Å². The molecule has 0 heterocycles. The van der Waals surface area contributed by atoms with E-state index in [1.807, 2.05) is 0 Å². The van der Waals surface area contributed by atoms with Gasteiger partial charge in [-0.1, -0.05) is 0 Å². The summed E-state index contributed by atoms with van der Waals surface area (Å²) in [5.74, 6) is -3.06. The molecule has 0 saturated heterocycles. The largest absolute Gasteiger partial charge is 0.375 e. The fourth-order valence-electron chi connectivity index (χ4n) is 1.69. The molecule has 1 atom stereocenters. The average Bonchev–Trinajstić information content (AvgIpc) is 2.30. The third-order valence-electron chi connectivity index (χ3n) is 2.54. The Balaban J connectivity index is 2.69. The van der Waals surface area contributed by atoms with Gasteiger partial charge >= 0.3 is 0 Å². The van der Waals surface area contributed by atoms with Crippen molar-refractivity contribution in [1.29, 1.82) is 0 Å². The summed E-state index contributed by atoms with van der Waals surface area (Å²) in [6.45, 7) is -0.823. The molecule has 1 unspecified atom stereocenters. The lowest BCUT2D eigenvalue weighted by molar-refractivity contribution is 0.0143. The van der Waals surface area contributed by atoms with Crippen LogP contribution in [0.2, 0.25) is 0 Å². The number of alkyl halides is 2. The van der Waals surface area contributed by atoms with Gasteiger partial charge in [-0.3, -0.25) is 0 Å². The average molecular weight is 283 g/mol. The fourth-order valence-corrected chi connectivity index (χ4v) is 1.69. The standard InChI is InChI=1S/C12H14F5NO/c1-18-10(2-3-19-6-11(16)17)12-8(14)4-7(13)5-9(12)15/h4-5,10-11,18H,2-3,6H2,1H3. The van der Waals surface area contributed by atoms with Gasteiger partial charge in [-0.05, 0) is 13.5 Å². The first kappa shape index (κ1) is 15.8. The van der Waals surface area contributed by atoms with E-state index >= 15 is 0 Å². The quantitative estimate of drug-likeness (QED) is 0.613. The molecule has 0 amide bonds. The second-order valence-electron chi connectivity index (χ2n) is 3.88. The number of hydrogen-bond acceptors (Lipinski definition) is 2. The highest BCUT2D eigenvalue weighted by molar-refractivity contribution is 5.24. The van der Waals surface area contributed by atoms with E-state index in [4.69, 9.17) is 0 Å². The van der Waals surface area contributed by atoms with Gasteiger partial charge in [-0.2, -0.15) is 0 Å². The summed E-state index contributed by atoms with van der Waals surface area (Å²) >= 11 is 0. The molecule has 1 aromatic rings. The first-order valence-electron chi connectivity index (χ1n) is 5.63. The fraction of sp³-hybridized carbons (Fsp3) is 0.500. The highest BCUT2D eigenvalue weighted by Gasteiger charge is 2.20. The number of benzene rings is 1. The zero-order valence-electron chi connectivity index (χ0n) is 10.2. The summed E-state index contributed by atoms with van der Waals surface area (Å²) in [7, 11) is 1.46. The third kappa shape index (κ3) is 4.76.